The summed E-state index contributed by atoms with van der Waals surface area (Å²) in [6.45, 7) is 5.16. The number of rotatable bonds is 9. The summed E-state index contributed by atoms with van der Waals surface area (Å²) in [5.41, 5.74) is 2.71. The van der Waals surface area contributed by atoms with Crippen molar-refractivity contribution in [2.24, 2.45) is 13.0 Å². The van der Waals surface area contributed by atoms with E-state index >= 15 is 0 Å². The Hall–Kier alpha value is -3.52. The van der Waals surface area contributed by atoms with Gasteiger partial charge in [-0.15, -0.1) is 0 Å². The van der Waals surface area contributed by atoms with Crippen LogP contribution in [0.25, 0.3) is 11.3 Å². The van der Waals surface area contributed by atoms with Gasteiger partial charge >= 0.3 is 0 Å². The number of ether oxygens (including phenoxy) is 1. The molecular weight excluding hydrogens is 467 g/mol. The summed E-state index contributed by atoms with van der Waals surface area (Å²) >= 11 is 0. The van der Waals surface area contributed by atoms with Gasteiger partial charge in [0, 0.05) is 43.4 Å². The molecule has 11 heteroatoms. The Morgan fingerprint density at radius 1 is 1.23 bits per heavy atom. The number of carbonyl (C=O) groups excluding carboxylic acids is 2. The van der Waals surface area contributed by atoms with Gasteiger partial charge in [0.2, 0.25) is 5.91 Å². The molecule has 0 aromatic carbocycles. The standard InChI is InChI=1S/C24H29N6O4P/c1-6-19(31)16-13-26-20(28-24(32)14-7-8-14)11-17(16)27-23-22(34-3)15(9-10-25-23)18-12-21(30(2)29-18)35(4,5)33/h9-14H,6-8H2,1-5H3,(H2,25,26,27,28,32). The summed E-state index contributed by atoms with van der Waals surface area (Å²) in [5, 5.41) is 10.5. The number of aromatic nitrogens is 4. The minimum absolute atomic E-state index is 0.0217. The molecule has 0 radical (unpaired) electrons. The van der Waals surface area contributed by atoms with Crippen molar-refractivity contribution in [3.05, 3.63) is 36.2 Å². The molecule has 0 unspecified atom stereocenters. The SMILES string of the molecule is CCC(=O)c1cnc(NC(=O)C2CC2)cc1Nc1nccc(-c2cc(P(C)(C)=O)n(C)n2)c1OC. The number of pyridine rings is 2. The van der Waals surface area contributed by atoms with Crippen LogP contribution in [-0.4, -0.2) is 51.9 Å². The molecule has 184 valence electrons. The van der Waals surface area contributed by atoms with Crippen LogP contribution in [0.3, 0.4) is 0 Å². The minimum Gasteiger partial charge on any atom is -0.492 e. The second kappa shape index (κ2) is 9.62. The molecule has 3 heterocycles. The van der Waals surface area contributed by atoms with Gasteiger partial charge in [-0.3, -0.25) is 14.3 Å². The average molecular weight is 497 g/mol. The molecule has 0 atom stereocenters. The van der Waals surface area contributed by atoms with Crippen LogP contribution in [0.2, 0.25) is 0 Å². The molecule has 1 aliphatic carbocycles. The molecule has 3 aromatic rings. The molecule has 4 rings (SSSR count). The van der Waals surface area contributed by atoms with E-state index in [0.717, 1.165) is 12.8 Å². The van der Waals surface area contributed by atoms with Crippen molar-refractivity contribution in [1.29, 1.82) is 0 Å². The topological polar surface area (TPSA) is 128 Å². The van der Waals surface area contributed by atoms with Crippen molar-refractivity contribution >= 4 is 41.6 Å². The number of amides is 1. The molecule has 0 aliphatic heterocycles. The highest BCUT2D eigenvalue weighted by Crippen LogP contribution is 2.39. The molecule has 0 spiro atoms. The van der Waals surface area contributed by atoms with Crippen molar-refractivity contribution < 1.29 is 18.9 Å². The van der Waals surface area contributed by atoms with Crippen LogP contribution in [0, 0.1) is 5.92 Å². The van der Waals surface area contributed by atoms with Gasteiger partial charge in [-0.2, -0.15) is 5.10 Å². The molecular formula is C24H29N6O4P. The molecule has 1 amide bonds. The van der Waals surface area contributed by atoms with Gasteiger partial charge < -0.3 is 19.9 Å². The van der Waals surface area contributed by atoms with Crippen LogP contribution in [0.15, 0.2) is 30.6 Å². The second-order valence-corrected chi connectivity index (χ2v) is 12.0. The zero-order valence-electron chi connectivity index (χ0n) is 20.5. The first-order valence-corrected chi connectivity index (χ1v) is 14.0. The number of methoxy groups -OCH3 is 1. The Labute approximate surface area is 203 Å². The Morgan fingerprint density at radius 2 is 1.97 bits per heavy atom. The van der Waals surface area contributed by atoms with Crippen molar-refractivity contribution in [1.82, 2.24) is 19.7 Å². The molecule has 1 saturated carbocycles. The zero-order valence-corrected chi connectivity index (χ0v) is 21.3. The fourth-order valence-corrected chi connectivity index (χ4v) is 4.95. The first-order chi connectivity index (χ1) is 16.6. The van der Waals surface area contributed by atoms with E-state index < -0.39 is 7.14 Å². The summed E-state index contributed by atoms with van der Waals surface area (Å²) in [6.07, 6.45) is 5.10. The van der Waals surface area contributed by atoms with E-state index in [1.165, 1.54) is 13.3 Å². The maximum atomic E-state index is 12.6. The maximum absolute atomic E-state index is 12.6. The highest BCUT2D eigenvalue weighted by molar-refractivity contribution is 7.69. The largest absolute Gasteiger partial charge is 0.492 e. The number of nitrogens with zero attached hydrogens (tertiary/aromatic N) is 4. The average Bonchev–Trinajstić information content (AvgIpc) is 3.59. The Bertz CT molecular complexity index is 1340. The molecule has 35 heavy (non-hydrogen) atoms. The van der Waals surface area contributed by atoms with Crippen LogP contribution < -0.4 is 20.8 Å². The lowest BCUT2D eigenvalue weighted by molar-refractivity contribution is -0.117. The number of hydrogen-bond acceptors (Lipinski definition) is 8. The van der Waals surface area contributed by atoms with E-state index in [4.69, 9.17) is 4.74 Å². The van der Waals surface area contributed by atoms with Crippen LogP contribution in [0.4, 0.5) is 17.3 Å². The van der Waals surface area contributed by atoms with Crippen LogP contribution in [-0.2, 0) is 16.4 Å². The molecule has 0 bridgehead atoms. The molecule has 0 saturated heterocycles. The highest BCUT2D eigenvalue weighted by atomic mass is 31.2. The van der Waals surface area contributed by atoms with Gasteiger partial charge in [0.05, 0.1) is 29.5 Å². The fourth-order valence-electron chi connectivity index (χ4n) is 3.78. The number of carbonyl (C=O) groups is 2. The summed E-state index contributed by atoms with van der Waals surface area (Å²) in [7, 11) is 0.735. The summed E-state index contributed by atoms with van der Waals surface area (Å²) in [6, 6.07) is 5.17. The zero-order chi connectivity index (χ0) is 25.3. The van der Waals surface area contributed by atoms with E-state index in [2.05, 4.69) is 25.7 Å². The third-order valence-electron chi connectivity index (χ3n) is 5.77. The van der Waals surface area contributed by atoms with E-state index in [0.29, 0.717) is 51.7 Å². The normalized spacial score (nSPS) is 13.4. The van der Waals surface area contributed by atoms with E-state index in [1.54, 1.807) is 56.4 Å². The third-order valence-corrected chi connectivity index (χ3v) is 7.29. The van der Waals surface area contributed by atoms with Crippen molar-refractivity contribution in [2.45, 2.75) is 26.2 Å². The van der Waals surface area contributed by atoms with Crippen molar-refractivity contribution in [3.63, 3.8) is 0 Å². The van der Waals surface area contributed by atoms with Crippen molar-refractivity contribution in [2.75, 3.05) is 31.1 Å². The Kier molecular flexibility index (Phi) is 6.76. The van der Waals surface area contributed by atoms with Crippen LogP contribution in [0.1, 0.15) is 36.5 Å². The number of Topliss-reactive ketones (excluding diaryl/α,β-unsaturated/α-hetero) is 1. The fraction of sp³-hybridized carbons (Fsp3) is 0.375. The lowest BCUT2D eigenvalue weighted by atomic mass is 10.1. The first-order valence-electron chi connectivity index (χ1n) is 11.4. The van der Waals surface area contributed by atoms with Crippen molar-refractivity contribution in [3.8, 4) is 17.0 Å². The number of hydrogen-bond donors (Lipinski definition) is 2. The monoisotopic (exact) mass is 496 g/mol. The van der Waals surface area contributed by atoms with Crippen LogP contribution >= 0.6 is 7.14 Å². The van der Waals surface area contributed by atoms with Crippen LogP contribution in [0.5, 0.6) is 5.75 Å². The first kappa shape index (κ1) is 24.6. The van der Waals surface area contributed by atoms with Gasteiger partial charge in [-0.05, 0) is 38.3 Å². The molecule has 2 N–H and O–H groups in total. The molecule has 10 nitrogen and oxygen atoms in total. The van der Waals surface area contributed by atoms with Gasteiger partial charge in [-0.25, -0.2) is 9.97 Å². The summed E-state index contributed by atoms with van der Waals surface area (Å²) in [5.74, 6) is 0.965. The molecule has 1 fully saturated rings. The lowest BCUT2D eigenvalue weighted by Crippen LogP contribution is -2.15. The summed E-state index contributed by atoms with van der Waals surface area (Å²) < 4.78 is 19.9. The van der Waals surface area contributed by atoms with E-state index in [1.807, 2.05) is 0 Å². The molecule has 1 aliphatic rings. The van der Waals surface area contributed by atoms with Gasteiger partial charge in [0.1, 0.15) is 13.0 Å². The minimum atomic E-state index is -2.54. The lowest BCUT2D eigenvalue weighted by Gasteiger charge is -2.16. The van der Waals surface area contributed by atoms with E-state index in [9.17, 15) is 14.2 Å². The predicted molar refractivity (Wildman–Crippen MR) is 136 cm³/mol. The number of nitrogens with one attached hydrogen (secondary N) is 2. The molecule has 3 aromatic heterocycles. The third kappa shape index (κ3) is 5.27. The number of anilines is 3. The second-order valence-electron chi connectivity index (χ2n) is 8.88. The number of ketones is 1. The smallest absolute Gasteiger partial charge is 0.228 e. The Morgan fingerprint density at radius 3 is 2.57 bits per heavy atom. The summed E-state index contributed by atoms with van der Waals surface area (Å²) in [4.78, 5) is 33.5. The van der Waals surface area contributed by atoms with Gasteiger partial charge in [0.25, 0.3) is 0 Å². The van der Waals surface area contributed by atoms with Gasteiger partial charge in [-0.1, -0.05) is 6.92 Å². The number of aryl methyl sites for hydroxylation is 1. The predicted octanol–water partition coefficient (Wildman–Crippen LogP) is 3.82. The van der Waals surface area contributed by atoms with Gasteiger partial charge in [0.15, 0.2) is 17.4 Å². The quantitative estimate of drug-likeness (QED) is 0.338. The maximum Gasteiger partial charge on any atom is 0.228 e. The highest BCUT2D eigenvalue weighted by Gasteiger charge is 2.30. The van der Waals surface area contributed by atoms with E-state index in [-0.39, 0.29) is 17.6 Å². The Balaban J connectivity index is 1.74.